The van der Waals surface area contributed by atoms with Gasteiger partial charge in [-0.1, -0.05) is 38.1 Å². The van der Waals surface area contributed by atoms with E-state index >= 15 is 0 Å². The minimum atomic E-state index is -0.919. The molecule has 0 aromatic heterocycles. The van der Waals surface area contributed by atoms with Crippen LogP contribution in [0, 0.1) is 0 Å². The highest BCUT2D eigenvalue weighted by Gasteiger charge is 2.40. The number of allylic oxidation sites excluding steroid dienone is 5. The first kappa shape index (κ1) is 18.1. The number of benzene rings is 1. The van der Waals surface area contributed by atoms with Crippen LogP contribution in [-0.2, 0) is 10.2 Å². The number of aliphatic carboxylic acids is 1. The number of rotatable bonds is 4. The van der Waals surface area contributed by atoms with Gasteiger partial charge in [0.05, 0.1) is 0 Å². The van der Waals surface area contributed by atoms with Gasteiger partial charge in [0.1, 0.15) is 0 Å². The predicted molar refractivity (Wildman–Crippen MR) is 102 cm³/mol. The van der Waals surface area contributed by atoms with Crippen LogP contribution in [0.1, 0.15) is 45.7 Å². The number of carboxylic acid groups (broad SMARTS) is 1. The van der Waals surface area contributed by atoms with Crippen LogP contribution in [0.2, 0.25) is 0 Å². The molecular formula is C21H27NO2. The number of carbonyl (C=O) groups is 1. The van der Waals surface area contributed by atoms with Gasteiger partial charge < -0.3 is 10.0 Å². The van der Waals surface area contributed by atoms with Crippen molar-refractivity contribution in [1.29, 1.82) is 0 Å². The quantitative estimate of drug-likeness (QED) is 0.639. The largest absolute Gasteiger partial charge is 0.478 e. The molecule has 128 valence electrons. The van der Waals surface area contributed by atoms with Gasteiger partial charge in [-0.3, -0.25) is 0 Å². The summed E-state index contributed by atoms with van der Waals surface area (Å²) < 4.78 is 0. The minimum absolute atomic E-state index is 0.122. The molecule has 1 unspecified atom stereocenters. The highest BCUT2D eigenvalue weighted by molar-refractivity contribution is 5.81. The average Bonchev–Trinajstić information content (AvgIpc) is 2.67. The molecule has 1 aliphatic rings. The zero-order chi connectivity index (χ0) is 18.1. The Morgan fingerprint density at radius 1 is 1.29 bits per heavy atom. The number of likely N-dealkylation sites (N-methyl/N-ethyl adjacent to an activating group) is 1. The average molecular weight is 325 g/mol. The van der Waals surface area contributed by atoms with Gasteiger partial charge in [-0.05, 0) is 55.2 Å². The fraction of sp³-hybridized carbons (Fsp3) is 0.381. The second-order valence-corrected chi connectivity index (χ2v) is 7.18. The third-order valence-corrected chi connectivity index (χ3v) is 5.21. The van der Waals surface area contributed by atoms with Crippen LogP contribution in [0.25, 0.3) is 5.57 Å². The summed E-state index contributed by atoms with van der Waals surface area (Å²) in [4.78, 5) is 13.0. The molecule has 1 atom stereocenters. The molecule has 1 aromatic carbocycles. The predicted octanol–water partition coefficient (Wildman–Crippen LogP) is 4.79. The lowest BCUT2D eigenvalue weighted by Crippen LogP contribution is -2.36. The Morgan fingerprint density at radius 2 is 1.96 bits per heavy atom. The summed E-state index contributed by atoms with van der Waals surface area (Å²) >= 11 is 0. The Bertz CT molecular complexity index is 738. The first-order valence-corrected chi connectivity index (χ1v) is 8.28. The van der Waals surface area contributed by atoms with Gasteiger partial charge in [-0.2, -0.15) is 0 Å². The van der Waals surface area contributed by atoms with Gasteiger partial charge in [-0.15, -0.1) is 0 Å². The summed E-state index contributed by atoms with van der Waals surface area (Å²) in [5.74, 6) is -0.919. The molecule has 1 aliphatic heterocycles. The van der Waals surface area contributed by atoms with E-state index in [9.17, 15) is 4.79 Å². The number of anilines is 1. The van der Waals surface area contributed by atoms with Gasteiger partial charge in [0.25, 0.3) is 0 Å². The zero-order valence-corrected chi connectivity index (χ0v) is 15.4. The molecule has 0 bridgehead atoms. The van der Waals surface area contributed by atoms with Crippen molar-refractivity contribution in [2.45, 2.75) is 46.1 Å². The highest BCUT2D eigenvalue weighted by atomic mass is 16.4. The Hall–Kier alpha value is -2.29. The van der Waals surface area contributed by atoms with Crippen molar-refractivity contribution in [3.63, 3.8) is 0 Å². The Kier molecular flexibility index (Phi) is 5.02. The standard InChI is InChI=1S/C21H27NO2/c1-14(12-20(23)24)8-7-9-15(2)17-10-11-19-18(13-17)21(4,5)16(3)22(19)6/h7-13,16H,1-6H3,(H,23,24). The molecule has 3 heteroatoms. The van der Waals surface area contributed by atoms with E-state index in [4.69, 9.17) is 5.11 Å². The fourth-order valence-corrected chi connectivity index (χ4v) is 3.21. The summed E-state index contributed by atoms with van der Waals surface area (Å²) in [7, 11) is 2.15. The number of nitrogens with zero attached hydrogens (tertiary/aromatic N) is 1. The number of hydrogen-bond acceptors (Lipinski definition) is 2. The molecule has 0 aliphatic carbocycles. The van der Waals surface area contributed by atoms with Gasteiger partial charge in [0.2, 0.25) is 0 Å². The van der Waals surface area contributed by atoms with E-state index in [2.05, 4.69) is 57.8 Å². The van der Waals surface area contributed by atoms with Crippen molar-refractivity contribution in [3.8, 4) is 0 Å². The summed E-state index contributed by atoms with van der Waals surface area (Å²) in [6.45, 7) is 10.7. The SMILES string of the molecule is CC(C=CC=C(C)c1ccc2c(c1)C(C)(C)C(C)N2C)=CC(=O)O. The molecular weight excluding hydrogens is 298 g/mol. The van der Waals surface area contributed by atoms with Crippen molar-refractivity contribution in [2.24, 2.45) is 0 Å². The molecule has 0 spiro atoms. The smallest absolute Gasteiger partial charge is 0.328 e. The highest BCUT2D eigenvalue weighted by Crippen LogP contribution is 2.44. The lowest BCUT2D eigenvalue weighted by atomic mass is 9.80. The monoisotopic (exact) mass is 325 g/mol. The first-order chi connectivity index (χ1) is 11.1. The molecule has 1 N–H and O–H groups in total. The lowest BCUT2D eigenvalue weighted by Gasteiger charge is -2.28. The van der Waals surface area contributed by atoms with Gasteiger partial charge in [-0.25, -0.2) is 4.79 Å². The van der Waals surface area contributed by atoms with Gasteiger partial charge in [0.15, 0.2) is 0 Å². The van der Waals surface area contributed by atoms with Crippen LogP contribution in [0.5, 0.6) is 0 Å². The van der Waals surface area contributed by atoms with Crippen molar-refractivity contribution in [2.75, 3.05) is 11.9 Å². The third kappa shape index (κ3) is 3.45. The van der Waals surface area contributed by atoms with Crippen LogP contribution in [0.4, 0.5) is 5.69 Å². The topological polar surface area (TPSA) is 40.5 Å². The molecule has 1 heterocycles. The second-order valence-electron chi connectivity index (χ2n) is 7.18. The van der Waals surface area contributed by atoms with Crippen LogP contribution in [0.3, 0.4) is 0 Å². The molecule has 1 aromatic rings. The maximum Gasteiger partial charge on any atom is 0.328 e. The Balaban J connectivity index is 2.29. The van der Waals surface area contributed by atoms with Crippen molar-refractivity contribution in [1.82, 2.24) is 0 Å². The maximum atomic E-state index is 10.6. The molecule has 0 amide bonds. The number of carboxylic acids is 1. The van der Waals surface area contributed by atoms with Crippen LogP contribution in [0.15, 0.2) is 48.1 Å². The summed E-state index contributed by atoms with van der Waals surface area (Å²) in [5.41, 5.74) is 5.89. The normalized spacial score (nSPS) is 20.6. The van der Waals surface area contributed by atoms with Gasteiger partial charge in [0, 0.05) is 30.3 Å². The van der Waals surface area contributed by atoms with Crippen molar-refractivity contribution >= 4 is 17.2 Å². The molecule has 0 radical (unpaired) electrons. The van der Waals surface area contributed by atoms with Gasteiger partial charge >= 0.3 is 5.97 Å². The van der Waals surface area contributed by atoms with Crippen LogP contribution < -0.4 is 4.90 Å². The van der Waals surface area contributed by atoms with Crippen LogP contribution in [-0.4, -0.2) is 24.2 Å². The van der Waals surface area contributed by atoms with E-state index in [0.29, 0.717) is 6.04 Å². The second kappa shape index (κ2) is 6.68. The van der Waals surface area contributed by atoms with E-state index in [1.165, 1.54) is 22.9 Å². The first-order valence-electron chi connectivity index (χ1n) is 8.28. The molecule has 0 fully saturated rings. The van der Waals surface area contributed by atoms with Crippen LogP contribution >= 0.6 is 0 Å². The summed E-state index contributed by atoms with van der Waals surface area (Å²) in [6, 6.07) is 7.11. The Labute approximate surface area is 145 Å². The molecule has 0 saturated carbocycles. The van der Waals surface area contributed by atoms with E-state index in [1.54, 1.807) is 6.92 Å². The Morgan fingerprint density at radius 3 is 2.58 bits per heavy atom. The molecule has 24 heavy (non-hydrogen) atoms. The number of fused-ring (bicyclic) bond motifs is 1. The minimum Gasteiger partial charge on any atom is -0.478 e. The molecule has 0 saturated heterocycles. The summed E-state index contributed by atoms with van der Waals surface area (Å²) in [5, 5.41) is 8.72. The third-order valence-electron chi connectivity index (χ3n) is 5.21. The van der Waals surface area contributed by atoms with Crippen molar-refractivity contribution in [3.05, 3.63) is 59.2 Å². The van der Waals surface area contributed by atoms with E-state index < -0.39 is 5.97 Å². The fourth-order valence-electron chi connectivity index (χ4n) is 3.21. The lowest BCUT2D eigenvalue weighted by molar-refractivity contribution is -0.131. The summed E-state index contributed by atoms with van der Waals surface area (Å²) in [6.07, 6.45) is 6.94. The van der Waals surface area contributed by atoms with E-state index in [0.717, 1.165) is 11.1 Å². The zero-order valence-electron chi connectivity index (χ0n) is 15.4. The van der Waals surface area contributed by atoms with Crippen molar-refractivity contribution < 1.29 is 9.90 Å². The number of hydrogen-bond donors (Lipinski definition) is 1. The van der Waals surface area contributed by atoms with E-state index in [-0.39, 0.29) is 5.41 Å². The molecule has 2 rings (SSSR count). The van der Waals surface area contributed by atoms with E-state index in [1.807, 2.05) is 18.2 Å². The maximum absolute atomic E-state index is 10.6. The molecule has 3 nitrogen and oxygen atoms in total.